The van der Waals surface area contributed by atoms with Crippen molar-refractivity contribution in [2.45, 2.75) is 19.4 Å². The van der Waals surface area contributed by atoms with E-state index in [9.17, 15) is 13.6 Å². The first-order valence-corrected chi connectivity index (χ1v) is 7.25. The summed E-state index contributed by atoms with van der Waals surface area (Å²) in [5, 5.41) is 2.79. The van der Waals surface area contributed by atoms with Crippen LogP contribution < -0.4 is 5.32 Å². The van der Waals surface area contributed by atoms with Crippen LogP contribution in [0.2, 0.25) is 0 Å². The Labute approximate surface area is 130 Å². The van der Waals surface area contributed by atoms with E-state index < -0.39 is 5.82 Å². The standard InChI is InChI=1S/C16H14BrF2NO/c1-10(8-11-2-5-13(18)6-3-11)20-16(21)12-4-7-14(17)15(19)9-12/h2-7,9-10H,8H2,1H3,(H,20,21). The molecule has 2 rings (SSSR count). The summed E-state index contributed by atoms with van der Waals surface area (Å²) in [4.78, 5) is 12.0. The fourth-order valence-electron chi connectivity index (χ4n) is 1.97. The number of halogens is 3. The summed E-state index contributed by atoms with van der Waals surface area (Å²) in [6, 6.07) is 10.2. The molecule has 2 nitrogen and oxygen atoms in total. The Morgan fingerprint density at radius 3 is 2.48 bits per heavy atom. The normalized spacial score (nSPS) is 12.0. The van der Waals surface area contributed by atoms with Gasteiger partial charge in [0.05, 0.1) is 4.47 Å². The van der Waals surface area contributed by atoms with Crippen molar-refractivity contribution in [2.75, 3.05) is 0 Å². The van der Waals surface area contributed by atoms with E-state index in [1.807, 2.05) is 6.92 Å². The lowest BCUT2D eigenvalue weighted by Gasteiger charge is -2.14. The Bertz CT molecular complexity index is 643. The Hall–Kier alpha value is -1.75. The van der Waals surface area contributed by atoms with Crippen LogP contribution in [0.1, 0.15) is 22.8 Å². The molecule has 0 aliphatic heterocycles. The summed E-state index contributed by atoms with van der Waals surface area (Å²) in [5.74, 6) is -1.11. The summed E-state index contributed by atoms with van der Waals surface area (Å²) in [7, 11) is 0. The molecule has 0 aliphatic rings. The van der Waals surface area contributed by atoms with Gasteiger partial charge in [0.1, 0.15) is 11.6 Å². The number of benzene rings is 2. The molecule has 1 unspecified atom stereocenters. The van der Waals surface area contributed by atoms with Crippen molar-refractivity contribution in [1.82, 2.24) is 5.32 Å². The molecule has 2 aromatic carbocycles. The molecule has 110 valence electrons. The van der Waals surface area contributed by atoms with Crippen LogP contribution in [0.15, 0.2) is 46.9 Å². The van der Waals surface area contributed by atoms with E-state index in [-0.39, 0.29) is 23.3 Å². The second kappa shape index (κ2) is 6.80. The highest BCUT2D eigenvalue weighted by Crippen LogP contribution is 2.16. The van der Waals surface area contributed by atoms with Gasteiger partial charge in [0, 0.05) is 11.6 Å². The van der Waals surface area contributed by atoms with Gasteiger partial charge in [0.2, 0.25) is 0 Å². The third kappa shape index (κ3) is 4.36. The second-order valence-electron chi connectivity index (χ2n) is 4.83. The number of hydrogen-bond acceptors (Lipinski definition) is 1. The molecular formula is C16H14BrF2NO. The lowest BCUT2D eigenvalue weighted by Crippen LogP contribution is -2.34. The van der Waals surface area contributed by atoms with Crippen molar-refractivity contribution in [3.63, 3.8) is 0 Å². The molecule has 2 aromatic rings. The third-order valence-electron chi connectivity index (χ3n) is 3.01. The largest absolute Gasteiger partial charge is 0.349 e. The molecule has 5 heteroatoms. The van der Waals surface area contributed by atoms with Gasteiger partial charge >= 0.3 is 0 Å². The number of nitrogens with one attached hydrogen (secondary N) is 1. The van der Waals surface area contributed by atoms with E-state index in [0.717, 1.165) is 5.56 Å². The van der Waals surface area contributed by atoms with Crippen LogP contribution in [0.5, 0.6) is 0 Å². The highest BCUT2D eigenvalue weighted by molar-refractivity contribution is 9.10. The summed E-state index contributed by atoms with van der Waals surface area (Å²) in [5.41, 5.74) is 1.19. The topological polar surface area (TPSA) is 29.1 Å². The number of carbonyl (C=O) groups is 1. The Kier molecular flexibility index (Phi) is 5.07. The molecule has 1 amide bonds. The highest BCUT2D eigenvalue weighted by Gasteiger charge is 2.12. The molecule has 1 N–H and O–H groups in total. The van der Waals surface area contributed by atoms with E-state index in [2.05, 4.69) is 21.2 Å². The van der Waals surface area contributed by atoms with Gasteiger partial charge in [-0.25, -0.2) is 8.78 Å². The summed E-state index contributed by atoms with van der Waals surface area (Å²) in [6.45, 7) is 1.84. The third-order valence-corrected chi connectivity index (χ3v) is 3.66. The number of rotatable bonds is 4. The van der Waals surface area contributed by atoms with Crippen molar-refractivity contribution in [3.05, 3.63) is 69.7 Å². The zero-order chi connectivity index (χ0) is 15.4. The van der Waals surface area contributed by atoms with E-state index >= 15 is 0 Å². The van der Waals surface area contributed by atoms with Gasteiger partial charge in [0.25, 0.3) is 5.91 Å². The zero-order valence-corrected chi connectivity index (χ0v) is 13.0. The molecule has 0 bridgehead atoms. The van der Waals surface area contributed by atoms with Gasteiger partial charge < -0.3 is 5.32 Å². The first kappa shape index (κ1) is 15.6. The Morgan fingerprint density at radius 2 is 1.86 bits per heavy atom. The van der Waals surface area contributed by atoms with Crippen LogP contribution in [-0.2, 0) is 6.42 Å². The SMILES string of the molecule is CC(Cc1ccc(F)cc1)NC(=O)c1ccc(Br)c(F)c1. The van der Waals surface area contributed by atoms with Crippen molar-refractivity contribution in [3.8, 4) is 0 Å². The minimum atomic E-state index is -0.478. The number of hydrogen-bond donors (Lipinski definition) is 1. The van der Waals surface area contributed by atoms with Gasteiger partial charge in [0.15, 0.2) is 0 Å². The summed E-state index contributed by atoms with van der Waals surface area (Å²) in [6.07, 6.45) is 0.574. The second-order valence-corrected chi connectivity index (χ2v) is 5.69. The summed E-state index contributed by atoms with van der Waals surface area (Å²) < 4.78 is 26.5. The molecule has 0 saturated carbocycles. The lowest BCUT2D eigenvalue weighted by atomic mass is 10.1. The number of carbonyl (C=O) groups excluding carboxylic acids is 1. The molecule has 0 aromatic heterocycles. The van der Waals surface area contributed by atoms with Crippen LogP contribution in [-0.4, -0.2) is 11.9 Å². The average Bonchev–Trinajstić information content (AvgIpc) is 2.44. The monoisotopic (exact) mass is 353 g/mol. The van der Waals surface area contributed by atoms with Gasteiger partial charge in [-0.15, -0.1) is 0 Å². The molecule has 21 heavy (non-hydrogen) atoms. The quantitative estimate of drug-likeness (QED) is 0.881. The maximum Gasteiger partial charge on any atom is 0.251 e. The van der Waals surface area contributed by atoms with Crippen LogP contribution >= 0.6 is 15.9 Å². The van der Waals surface area contributed by atoms with E-state index in [0.29, 0.717) is 10.9 Å². The predicted molar refractivity (Wildman–Crippen MR) is 81.1 cm³/mol. The molecule has 0 fully saturated rings. The van der Waals surface area contributed by atoms with E-state index in [1.165, 1.54) is 24.3 Å². The van der Waals surface area contributed by atoms with Crippen LogP contribution in [0.4, 0.5) is 8.78 Å². The summed E-state index contributed by atoms with van der Waals surface area (Å²) >= 11 is 3.04. The van der Waals surface area contributed by atoms with Crippen LogP contribution in [0.3, 0.4) is 0 Å². The van der Waals surface area contributed by atoms with Crippen molar-refractivity contribution in [1.29, 1.82) is 0 Å². The zero-order valence-electron chi connectivity index (χ0n) is 11.4. The van der Waals surface area contributed by atoms with Gasteiger partial charge in [-0.3, -0.25) is 4.79 Å². The molecule has 0 aliphatic carbocycles. The minimum absolute atomic E-state index is 0.144. The lowest BCUT2D eigenvalue weighted by molar-refractivity contribution is 0.0939. The van der Waals surface area contributed by atoms with E-state index in [4.69, 9.17) is 0 Å². The molecule has 0 spiro atoms. The maximum absolute atomic E-state index is 13.4. The van der Waals surface area contributed by atoms with Gasteiger partial charge in [-0.2, -0.15) is 0 Å². The molecule has 0 radical (unpaired) electrons. The maximum atomic E-state index is 13.4. The average molecular weight is 354 g/mol. The fourth-order valence-corrected chi connectivity index (χ4v) is 2.22. The predicted octanol–water partition coefficient (Wildman–Crippen LogP) is 4.09. The Balaban J connectivity index is 1.98. The molecule has 0 heterocycles. The smallest absolute Gasteiger partial charge is 0.251 e. The van der Waals surface area contributed by atoms with Gasteiger partial charge in [-0.1, -0.05) is 12.1 Å². The first-order chi connectivity index (χ1) is 9.95. The molecule has 1 atom stereocenters. The first-order valence-electron chi connectivity index (χ1n) is 6.46. The van der Waals surface area contributed by atoms with Gasteiger partial charge in [-0.05, 0) is 65.2 Å². The van der Waals surface area contributed by atoms with Crippen molar-refractivity contribution in [2.24, 2.45) is 0 Å². The van der Waals surface area contributed by atoms with Crippen molar-refractivity contribution < 1.29 is 13.6 Å². The van der Waals surface area contributed by atoms with E-state index in [1.54, 1.807) is 18.2 Å². The number of amides is 1. The minimum Gasteiger partial charge on any atom is -0.349 e. The Morgan fingerprint density at radius 1 is 1.19 bits per heavy atom. The van der Waals surface area contributed by atoms with Crippen molar-refractivity contribution >= 4 is 21.8 Å². The highest BCUT2D eigenvalue weighted by atomic mass is 79.9. The molecule has 0 saturated heterocycles. The molecular weight excluding hydrogens is 340 g/mol. The van der Waals surface area contributed by atoms with Crippen LogP contribution in [0, 0.1) is 11.6 Å². The fraction of sp³-hybridized carbons (Fsp3) is 0.188. The van der Waals surface area contributed by atoms with Crippen LogP contribution in [0.25, 0.3) is 0 Å².